The smallest absolute Gasteiger partial charge is 0.228 e. The van der Waals surface area contributed by atoms with Gasteiger partial charge in [-0.1, -0.05) is 12.1 Å². The molecule has 2 saturated heterocycles. The third kappa shape index (κ3) is 4.37. The number of carbonyl (C=O) groups excluding carboxylic acids is 2. The Kier molecular flexibility index (Phi) is 6.67. The van der Waals surface area contributed by atoms with Crippen molar-refractivity contribution in [3.8, 4) is 0 Å². The maximum atomic E-state index is 13.5. The Labute approximate surface area is 178 Å². The molecule has 1 N–H and O–H groups in total. The van der Waals surface area contributed by atoms with E-state index in [1.807, 2.05) is 11.8 Å². The number of aromatic nitrogens is 3. The number of amides is 2. The number of nitrogens with zero attached hydrogens (tertiary/aromatic N) is 5. The number of likely N-dealkylation sites (tertiary alicyclic amines) is 1. The summed E-state index contributed by atoms with van der Waals surface area (Å²) in [5, 5.41) is 10.9. The van der Waals surface area contributed by atoms with E-state index in [9.17, 15) is 9.59 Å². The summed E-state index contributed by atoms with van der Waals surface area (Å²) in [5.41, 5.74) is -0.478. The van der Waals surface area contributed by atoms with E-state index in [1.165, 1.54) is 0 Å². The summed E-state index contributed by atoms with van der Waals surface area (Å²) in [6.07, 6.45) is 7.70. The van der Waals surface area contributed by atoms with Gasteiger partial charge in [0.25, 0.3) is 0 Å². The average molecular weight is 419 g/mol. The zero-order valence-corrected chi connectivity index (χ0v) is 18.0. The monoisotopic (exact) mass is 418 g/mol. The zero-order valence-electron chi connectivity index (χ0n) is 18.0. The number of fused-ring (bicyclic) bond motifs is 1. The summed E-state index contributed by atoms with van der Waals surface area (Å²) < 4.78 is 7.24. The van der Waals surface area contributed by atoms with Crippen LogP contribution in [0.2, 0.25) is 0 Å². The highest BCUT2D eigenvalue weighted by atomic mass is 16.5. The van der Waals surface area contributed by atoms with Gasteiger partial charge < -0.3 is 15.0 Å². The van der Waals surface area contributed by atoms with Gasteiger partial charge in [0.2, 0.25) is 11.8 Å². The largest absolute Gasteiger partial charge is 0.379 e. The molecule has 1 aromatic heterocycles. The van der Waals surface area contributed by atoms with Crippen LogP contribution in [0.4, 0.5) is 0 Å². The molecule has 3 aliphatic rings. The quantitative estimate of drug-likeness (QED) is 0.724. The number of hydrogen-bond acceptors (Lipinski definition) is 6. The first-order valence-corrected chi connectivity index (χ1v) is 11.3. The van der Waals surface area contributed by atoms with E-state index in [0.29, 0.717) is 38.0 Å². The number of ether oxygens (including phenoxy) is 1. The highest BCUT2D eigenvalue weighted by Crippen LogP contribution is 2.48. The molecule has 2 amide bonds. The minimum atomic E-state index is -0.478. The lowest BCUT2D eigenvalue weighted by atomic mass is 9.60. The van der Waals surface area contributed by atoms with Crippen LogP contribution in [-0.4, -0.2) is 88.6 Å². The van der Waals surface area contributed by atoms with E-state index >= 15 is 0 Å². The second-order valence-corrected chi connectivity index (χ2v) is 8.81. The molecule has 9 nitrogen and oxygen atoms in total. The van der Waals surface area contributed by atoms with E-state index in [2.05, 4.69) is 20.5 Å². The van der Waals surface area contributed by atoms with Crippen molar-refractivity contribution in [1.29, 1.82) is 0 Å². The van der Waals surface area contributed by atoms with Gasteiger partial charge in [0.15, 0.2) is 0 Å². The summed E-state index contributed by atoms with van der Waals surface area (Å²) in [4.78, 5) is 30.4. The van der Waals surface area contributed by atoms with Crippen molar-refractivity contribution in [2.75, 3.05) is 45.9 Å². The third-order valence-electron chi connectivity index (χ3n) is 7.25. The molecular weight excluding hydrogens is 384 g/mol. The minimum absolute atomic E-state index is 0.0987. The zero-order chi connectivity index (χ0) is 21.0. The Morgan fingerprint density at radius 1 is 1.23 bits per heavy atom. The van der Waals surface area contributed by atoms with Crippen molar-refractivity contribution in [2.24, 2.45) is 11.3 Å². The third-order valence-corrected chi connectivity index (χ3v) is 7.25. The lowest BCUT2D eigenvalue weighted by Crippen LogP contribution is -2.61. The van der Waals surface area contributed by atoms with Crippen molar-refractivity contribution in [2.45, 2.75) is 51.6 Å². The van der Waals surface area contributed by atoms with Crippen molar-refractivity contribution in [3.05, 3.63) is 12.4 Å². The van der Waals surface area contributed by atoms with Crippen LogP contribution in [0.3, 0.4) is 0 Å². The van der Waals surface area contributed by atoms with Gasteiger partial charge in [0.1, 0.15) is 0 Å². The molecule has 3 heterocycles. The van der Waals surface area contributed by atoms with Crippen LogP contribution < -0.4 is 5.32 Å². The summed E-state index contributed by atoms with van der Waals surface area (Å²) in [5.74, 6) is 0.562. The second-order valence-electron chi connectivity index (χ2n) is 8.81. The summed E-state index contributed by atoms with van der Waals surface area (Å²) in [7, 11) is 0. The summed E-state index contributed by atoms with van der Waals surface area (Å²) in [6, 6.07) is 0.517. The van der Waals surface area contributed by atoms with E-state index in [1.54, 1.807) is 17.1 Å². The summed E-state index contributed by atoms with van der Waals surface area (Å²) in [6.45, 7) is 7.89. The first kappa shape index (κ1) is 21.2. The summed E-state index contributed by atoms with van der Waals surface area (Å²) >= 11 is 0. The molecule has 3 atom stereocenters. The lowest BCUT2D eigenvalue weighted by Gasteiger charge is -2.53. The molecule has 1 aliphatic carbocycles. The van der Waals surface area contributed by atoms with Crippen LogP contribution in [0, 0.1) is 11.3 Å². The number of rotatable bonds is 6. The standard InChI is InChI=1S/C21H34N6O3/c1-2-19(28)26-8-4-17-15-18(25-11-13-30-14-12-25)3-5-21(17,16-26)20(29)22-6-9-27-10-7-23-24-27/h7,10,17-18H,2-6,8-9,11-16H2,1H3,(H,22,29)/t17-,18+,21-/m1/s1. The molecule has 0 aromatic carbocycles. The maximum Gasteiger partial charge on any atom is 0.228 e. The van der Waals surface area contributed by atoms with Crippen molar-refractivity contribution >= 4 is 11.8 Å². The maximum absolute atomic E-state index is 13.5. The van der Waals surface area contributed by atoms with Crippen molar-refractivity contribution in [1.82, 2.24) is 30.1 Å². The Hall–Kier alpha value is -2.00. The normalized spacial score (nSPS) is 30.0. The predicted octanol–water partition coefficient (Wildman–Crippen LogP) is 0.524. The molecule has 0 unspecified atom stereocenters. The number of hydrogen-bond donors (Lipinski definition) is 1. The van der Waals surface area contributed by atoms with E-state index < -0.39 is 5.41 Å². The molecule has 0 radical (unpaired) electrons. The molecule has 166 valence electrons. The molecule has 1 saturated carbocycles. The first-order chi connectivity index (χ1) is 14.6. The van der Waals surface area contributed by atoms with Crippen molar-refractivity contribution in [3.63, 3.8) is 0 Å². The molecule has 4 rings (SSSR count). The van der Waals surface area contributed by atoms with Crippen LogP contribution in [0.1, 0.15) is 39.0 Å². The number of nitrogens with one attached hydrogen (secondary N) is 1. The number of carbonyl (C=O) groups is 2. The van der Waals surface area contributed by atoms with E-state index in [0.717, 1.165) is 58.5 Å². The van der Waals surface area contributed by atoms with Crippen molar-refractivity contribution < 1.29 is 14.3 Å². The van der Waals surface area contributed by atoms with Gasteiger partial charge in [-0.2, -0.15) is 0 Å². The Balaban J connectivity index is 1.45. The van der Waals surface area contributed by atoms with E-state index in [4.69, 9.17) is 4.74 Å². The fourth-order valence-electron chi connectivity index (χ4n) is 5.53. The first-order valence-electron chi connectivity index (χ1n) is 11.3. The van der Waals surface area contributed by atoms with Gasteiger partial charge in [-0.3, -0.25) is 19.2 Å². The fourth-order valence-corrected chi connectivity index (χ4v) is 5.53. The molecule has 2 aliphatic heterocycles. The Bertz CT molecular complexity index is 720. The Morgan fingerprint density at radius 2 is 2.07 bits per heavy atom. The van der Waals surface area contributed by atoms with Crippen LogP contribution >= 0.6 is 0 Å². The molecular formula is C21H34N6O3. The number of morpholine rings is 1. The molecule has 1 aromatic rings. The van der Waals surface area contributed by atoms with Crippen LogP contribution in [0.15, 0.2) is 12.4 Å². The van der Waals surface area contributed by atoms with Gasteiger partial charge in [0.05, 0.1) is 31.4 Å². The molecule has 3 fully saturated rings. The molecule has 0 spiro atoms. The van der Waals surface area contributed by atoms with Gasteiger partial charge in [-0.15, -0.1) is 5.10 Å². The fraction of sp³-hybridized carbons (Fsp3) is 0.810. The highest BCUT2D eigenvalue weighted by molar-refractivity contribution is 5.85. The van der Waals surface area contributed by atoms with Gasteiger partial charge in [0, 0.05) is 51.4 Å². The van der Waals surface area contributed by atoms with Gasteiger partial charge >= 0.3 is 0 Å². The Morgan fingerprint density at radius 3 is 2.80 bits per heavy atom. The molecule has 0 bridgehead atoms. The average Bonchev–Trinajstić information content (AvgIpc) is 3.31. The van der Waals surface area contributed by atoms with Crippen LogP contribution in [0.25, 0.3) is 0 Å². The minimum Gasteiger partial charge on any atom is -0.379 e. The topological polar surface area (TPSA) is 92.6 Å². The second kappa shape index (κ2) is 9.43. The van der Waals surface area contributed by atoms with Crippen LogP contribution in [0.5, 0.6) is 0 Å². The highest BCUT2D eigenvalue weighted by Gasteiger charge is 2.53. The lowest BCUT2D eigenvalue weighted by molar-refractivity contribution is -0.151. The SMILES string of the molecule is CCC(=O)N1CC[C@@H]2C[C@@H](N3CCOCC3)CC[C@@]2(C(=O)NCCn2ccnn2)C1. The van der Waals surface area contributed by atoms with Gasteiger partial charge in [-0.25, -0.2) is 0 Å². The van der Waals surface area contributed by atoms with Crippen LogP contribution in [-0.2, 0) is 20.9 Å². The number of piperidine rings is 1. The molecule has 30 heavy (non-hydrogen) atoms. The van der Waals surface area contributed by atoms with Gasteiger partial charge in [-0.05, 0) is 31.6 Å². The molecule has 9 heteroatoms. The van der Waals surface area contributed by atoms with E-state index in [-0.39, 0.29) is 11.8 Å². The predicted molar refractivity (Wildman–Crippen MR) is 110 cm³/mol.